The maximum Gasteiger partial charge on any atom is 0.410 e. The van der Waals surface area contributed by atoms with E-state index in [1.165, 1.54) is 12.8 Å². The fourth-order valence-electron chi connectivity index (χ4n) is 1.70. The van der Waals surface area contributed by atoms with Gasteiger partial charge >= 0.3 is 6.09 Å². The van der Waals surface area contributed by atoms with E-state index in [-0.39, 0.29) is 25.3 Å². The lowest BCUT2D eigenvalue weighted by molar-refractivity contribution is 0.0580. The van der Waals surface area contributed by atoms with Crippen LogP contribution in [0.15, 0.2) is 0 Å². The molecule has 1 N–H and O–H groups in total. The SMILES string of the molecule is COCCN(C(=O)OCCO)C(C)C1CC1. The highest BCUT2D eigenvalue weighted by atomic mass is 16.6. The normalized spacial score (nSPS) is 16.9. The van der Waals surface area contributed by atoms with Crippen LogP contribution >= 0.6 is 0 Å². The number of aliphatic hydroxyl groups is 1. The Balaban J connectivity index is 2.43. The van der Waals surface area contributed by atoms with Crippen LogP contribution in [0.3, 0.4) is 0 Å². The van der Waals surface area contributed by atoms with E-state index < -0.39 is 0 Å². The van der Waals surface area contributed by atoms with Crippen molar-refractivity contribution < 1.29 is 19.4 Å². The second-order valence-corrected chi connectivity index (χ2v) is 4.10. The summed E-state index contributed by atoms with van der Waals surface area (Å²) in [7, 11) is 1.61. The van der Waals surface area contributed by atoms with Crippen LogP contribution in [0.2, 0.25) is 0 Å². The maximum atomic E-state index is 11.7. The Morgan fingerprint density at radius 3 is 2.69 bits per heavy atom. The number of carbonyl (C=O) groups is 1. The average molecular weight is 231 g/mol. The minimum atomic E-state index is -0.356. The van der Waals surface area contributed by atoms with Gasteiger partial charge in [0.15, 0.2) is 0 Å². The van der Waals surface area contributed by atoms with Crippen LogP contribution in [0, 0.1) is 5.92 Å². The second-order valence-electron chi connectivity index (χ2n) is 4.10. The maximum absolute atomic E-state index is 11.7. The van der Waals surface area contributed by atoms with Crippen molar-refractivity contribution in [1.29, 1.82) is 0 Å². The fourth-order valence-corrected chi connectivity index (χ4v) is 1.70. The molecule has 94 valence electrons. The van der Waals surface area contributed by atoms with E-state index in [1.807, 2.05) is 6.92 Å². The lowest BCUT2D eigenvalue weighted by Crippen LogP contribution is -2.42. The molecule has 0 saturated heterocycles. The van der Waals surface area contributed by atoms with Crippen molar-refractivity contribution in [3.05, 3.63) is 0 Å². The molecule has 5 heteroatoms. The van der Waals surface area contributed by atoms with E-state index >= 15 is 0 Å². The first-order chi connectivity index (χ1) is 7.70. The molecule has 0 bridgehead atoms. The van der Waals surface area contributed by atoms with Crippen LogP contribution in [0.4, 0.5) is 4.79 Å². The molecule has 1 saturated carbocycles. The number of hydrogen-bond acceptors (Lipinski definition) is 4. The molecule has 1 rings (SSSR count). The van der Waals surface area contributed by atoms with Crippen LogP contribution in [0.5, 0.6) is 0 Å². The number of nitrogens with zero attached hydrogens (tertiary/aromatic N) is 1. The number of hydrogen-bond donors (Lipinski definition) is 1. The Kier molecular flexibility index (Phi) is 5.55. The summed E-state index contributed by atoms with van der Waals surface area (Å²) in [5.74, 6) is 0.596. The van der Waals surface area contributed by atoms with E-state index in [0.717, 1.165) is 0 Å². The standard InChI is InChI=1S/C11H21NO4/c1-9(10-3-4-10)12(5-7-15-2)11(14)16-8-6-13/h9-10,13H,3-8H2,1-2H3. The van der Waals surface area contributed by atoms with E-state index in [0.29, 0.717) is 19.1 Å². The molecular weight excluding hydrogens is 210 g/mol. The Morgan fingerprint density at radius 1 is 1.50 bits per heavy atom. The minimum absolute atomic E-state index is 0.0553. The zero-order valence-corrected chi connectivity index (χ0v) is 10.0. The first-order valence-corrected chi connectivity index (χ1v) is 5.74. The van der Waals surface area contributed by atoms with Crippen molar-refractivity contribution >= 4 is 6.09 Å². The monoisotopic (exact) mass is 231 g/mol. The third-order valence-corrected chi connectivity index (χ3v) is 2.88. The van der Waals surface area contributed by atoms with E-state index in [4.69, 9.17) is 14.6 Å². The molecule has 1 aliphatic carbocycles. The lowest BCUT2D eigenvalue weighted by atomic mass is 10.2. The summed E-state index contributed by atoms with van der Waals surface area (Å²) in [6, 6.07) is 0.196. The lowest BCUT2D eigenvalue weighted by Gasteiger charge is -2.28. The van der Waals surface area contributed by atoms with Crippen molar-refractivity contribution in [3.8, 4) is 0 Å². The van der Waals surface area contributed by atoms with Gasteiger partial charge in [-0.05, 0) is 25.7 Å². The summed E-state index contributed by atoms with van der Waals surface area (Å²) in [4.78, 5) is 13.4. The predicted octanol–water partition coefficient (Wildman–Crippen LogP) is 0.862. The molecule has 1 aliphatic rings. The summed E-state index contributed by atoms with van der Waals surface area (Å²) in [5, 5.41) is 8.61. The van der Waals surface area contributed by atoms with Gasteiger partial charge in [0.1, 0.15) is 6.61 Å². The van der Waals surface area contributed by atoms with Gasteiger partial charge in [-0.15, -0.1) is 0 Å². The third kappa shape index (κ3) is 3.98. The van der Waals surface area contributed by atoms with Crippen molar-refractivity contribution in [2.45, 2.75) is 25.8 Å². The number of carbonyl (C=O) groups excluding carboxylic acids is 1. The van der Waals surface area contributed by atoms with Gasteiger partial charge in [0.2, 0.25) is 0 Å². The third-order valence-electron chi connectivity index (χ3n) is 2.88. The summed E-state index contributed by atoms with van der Waals surface area (Å²) in [5.41, 5.74) is 0. The number of methoxy groups -OCH3 is 1. The molecular formula is C11H21NO4. The topological polar surface area (TPSA) is 59.0 Å². The average Bonchev–Trinajstić information content (AvgIpc) is 3.10. The van der Waals surface area contributed by atoms with Crippen molar-refractivity contribution in [2.24, 2.45) is 5.92 Å². The molecule has 16 heavy (non-hydrogen) atoms. The molecule has 0 heterocycles. The first kappa shape index (κ1) is 13.3. The van der Waals surface area contributed by atoms with Gasteiger partial charge in [-0.1, -0.05) is 0 Å². The van der Waals surface area contributed by atoms with Crippen LogP contribution in [-0.2, 0) is 9.47 Å². The second kappa shape index (κ2) is 6.70. The molecule has 0 aromatic heterocycles. The van der Waals surface area contributed by atoms with Gasteiger partial charge < -0.3 is 19.5 Å². The highest BCUT2D eigenvalue weighted by Crippen LogP contribution is 2.35. The van der Waals surface area contributed by atoms with Gasteiger partial charge in [-0.25, -0.2) is 4.79 Å². The molecule has 0 aromatic rings. The summed E-state index contributed by atoms with van der Waals surface area (Å²) in [6.45, 7) is 3.00. The molecule has 0 radical (unpaired) electrons. The molecule has 0 spiro atoms. The van der Waals surface area contributed by atoms with E-state index in [1.54, 1.807) is 12.0 Å². The van der Waals surface area contributed by atoms with Crippen molar-refractivity contribution in [3.63, 3.8) is 0 Å². The smallest absolute Gasteiger partial charge is 0.410 e. The minimum Gasteiger partial charge on any atom is -0.447 e. The van der Waals surface area contributed by atoms with Crippen LogP contribution < -0.4 is 0 Å². The van der Waals surface area contributed by atoms with Crippen molar-refractivity contribution in [2.75, 3.05) is 33.5 Å². The number of amides is 1. The molecule has 1 unspecified atom stereocenters. The quantitative estimate of drug-likeness (QED) is 0.706. The molecule has 1 fully saturated rings. The summed E-state index contributed by atoms with van der Waals surface area (Å²) >= 11 is 0. The van der Waals surface area contributed by atoms with Crippen molar-refractivity contribution in [1.82, 2.24) is 4.90 Å². The summed E-state index contributed by atoms with van der Waals surface area (Å²) in [6.07, 6.45) is 2.00. The van der Waals surface area contributed by atoms with Gasteiger partial charge in [0, 0.05) is 19.7 Å². The van der Waals surface area contributed by atoms with Crippen LogP contribution in [-0.4, -0.2) is 55.6 Å². The molecule has 5 nitrogen and oxygen atoms in total. The number of rotatable bonds is 7. The highest BCUT2D eigenvalue weighted by molar-refractivity contribution is 5.68. The van der Waals surface area contributed by atoms with E-state index in [2.05, 4.69) is 0 Å². The predicted molar refractivity (Wildman–Crippen MR) is 59.2 cm³/mol. The Labute approximate surface area is 96.3 Å². The number of ether oxygens (including phenoxy) is 2. The molecule has 1 amide bonds. The molecule has 0 aliphatic heterocycles. The fraction of sp³-hybridized carbons (Fsp3) is 0.909. The van der Waals surface area contributed by atoms with Crippen LogP contribution in [0.25, 0.3) is 0 Å². The van der Waals surface area contributed by atoms with Gasteiger partial charge in [-0.3, -0.25) is 0 Å². The number of aliphatic hydroxyl groups excluding tert-OH is 1. The summed E-state index contributed by atoms with van der Waals surface area (Å²) < 4.78 is 9.91. The van der Waals surface area contributed by atoms with Gasteiger partial charge in [0.25, 0.3) is 0 Å². The Hall–Kier alpha value is -0.810. The largest absolute Gasteiger partial charge is 0.447 e. The van der Waals surface area contributed by atoms with E-state index in [9.17, 15) is 4.79 Å². The van der Waals surface area contributed by atoms with Gasteiger partial charge in [-0.2, -0.15) is 0 Å². The Morgan fingerprint density at radius 2 is 2.19 bits per heavy atom. The molecule has 0 aromatic carbocycles. The molecule has 1 atom stereocenters. The van der Waals surface area contributed by atoms with Crippen LogP contribution in [0.1, 0.15) is 19.8 Å². The zero-order chi connectivity index (χ0) is 12.0. The Bertz CT molecular complexity index is 218. The highest BCUT2D eigenvalue weighted by Gasteiger charge is 2.34. The zero-order valence-electron chi connectivity index (χ0n) is 10.0. The van der Waals surface area contributed by atoms with Gasteiger partial charge in [0.05, 0.1) is 13.2 Å². The first-order valence-electron chi connectivity index (χ1n) is 5.74.